The molecule has 5 heteroatoms. The van der Waals surface area contributed by atoms with Gasteiger partial charge in [-0.25, -0.2) is 4.79 Å². The molecule has 12 heavy (non-hydrogen) atoms. The second-order valence-electron chi connectivity index (χ2n) is 2.33. The van der Waals surface area contributed by atoms with Gasteiger partial charge in [-0.2, -0.15) is 0 Å². The summed E-state index contributed by atoms with van der Waals surface area (Å²) in [5, 5.41) is 0.466. The molecule has 4 N–H and O–H groups in total. The number of nitrogen functional groups attached to an aromatic ring is 2. The van der Waals surface area contributed by atoms with Gasteiger partial charge in [0.2, 0.25) is 0 Å². The summed E-state index contributed by atoms with van der Waals surface area (Å²) in [6.45, 7) is 1.74. The van der Waals surface area contributed by atoms with Crippen LogP contribution in [-0.4, -0.2) is 13.1 Å². The van der Waals surface area contributed by atoms with Crippen LogP contribution < -0.4 is 11.5 Å². The fourth-order valence-electron chi connectivity index (χ4n) is 0.836. The lowest BCUT2D eigenvalue weighted by atomic mass is 10.2. The standard InChI is InChI=1S/C7H10N2O2S/c1-3-4(8)6(9)12-5(3)7(10)11-2/h8-9H2,1-2H3. The molecule has 0 aliphatic heterocycles. The molecule has 0 aromatic carbocycles. The van der Waals surface area contributed by atoms with E-state index in [1.165, 1.54) is 7.11 Å². The number of hydrogen-bond acceptors (Lipinski definition) is 5. The number of anilines is 2. The van der Waals surface area contributed by atoms with Crippen LogP contribution in [0.2, 0.25) is 0 Å². The van der Waals surface area contributed by atoms with Crippen molar-refractivity contribution < 1.29 is 9.53 Å². The van der Waals surface area contributed by atoms with Gasteiger partial charge in [-0.1, -0.05) is 0 Å². The third-order valence-corrected chi connectivity index (χ3v) is 2.71. The van der Waals surface area contributed by atoms with Crippen molar-refractivity contribution in [2.45, 2.75) is 6.92 Å². The largest absolute Gasteiger partial charge is 0.465 e. The van der Waals surface area contributed by atoms with Crippen molar-refractivity contribution in [3.05, 3.63) is 10.4 Å². The Hall–Kier alpha value is -1.23. The lowest BCUT2D eigenvalue weighted by Crippen LogP contribution is -2.00. The molecule has 0 amide bonds. The summed E-state index contributed by atoms with van der Waals surface area (Å²) in [6.07, 6.45) is 0. The first-order valence-electron chi connectivity index (χ1n) is 3.30. The SMILES string of the molecule is COC(=O)c1sc(N)c(N)c1C. The Labute approximate surface area is 74.1 Å². The second-order valence-corrected chi connectivity index (χ2v) is 3.38. The molecular formula is C7H10N2O2S. The Morgan fingerprint density at radius 2 is 2.08 bits per heavy atom. The van der Waals surface area contributed by atoms with Crippen LogP contribution in [-0.2, 0) is 4.74 Å². The van der Waals surface area contributed by atoms with Crippen molar-refractivity contribution in [3.8, 4) is 0 Å². The lowest BCUT2D eigenvalue weighted by Gasteiger charge is -1.95. The molecule has 1 aromatic rings. The Morgan fingerprint density at radius 3 is 2.42 bits per heavy atom. The maximum atomic E-state index is 11.1. The number of nitrogens with two attached hydrogens (primary N) is 2. The zero-order valence-electron chi connectivity index (χ0n) is 6.88. The van der Waals surface area contributed by atoms with Gasteiger partial charge >= 0.3 is 5.97 Å². The summed E-state index contributed by atoms with van der Waals surface area (Å²) in [5.41, 5.74) is 12.3. The first-order valence-corrected chi connectivity index (χ1v) is 4.12. The van der Waals surface area contributed by atoms with Gasteiger partial charge in [0, 0.05) is 0 Å². The number of methoxy groups -OCH3 is 1. The van der Waals surface area contributed by atoms with Gasteiger partial charge in [0.1, 0.15) is 9.88 Å². The van der Waals surface area contributed by atoms with E-state index in [9.17, 15) is 4.79 Å². The molecule has 4 nitrogen and oxygen atoms in total. The van der Waals surface area contributed by atoms with Crippen LogP contribution in [0.5, 0.6) is 0 Å². The molecule has 0 saturated heterocycles. The molecule has 1 aromatic heterocycles. The fourth-order valence-corrected chi connectivity index (χ4v) is 1.75. The van der Waals surface area contributed by atoms with Crippen LogP contribution in [0.3, 0.4) is 0 Å². The zero-order valence-corrected chi connectivity index (χ0v) is 7.70. The van der Waals surface area contributed by atoms with Crippen molar-refractivity contribution in [3.63, 3.8) is 0 Å². The molecular weight excluding hydrogens is 176 g/mol. The van der Waals surface area contributed by atoms with E-state index >= 15 is 0 Å². The van der Waals surface area contributed by atoms with Crippen molar-refractivity contribution in [1.29, 1.82) is 0 Å². The number of rotatable bonds is 1. The highest BCUT2D eigenvalue weighted by atomic mass is 32.1. The monoisotopic (exact) mass is 186 g/mol. The summed E-state index contributed by atoms with van der Waals surface area (Å²) in [5.74, 6) is -0.388. The highest BCUT2D eigenvalue weighted by Crippen LogP contribution is 2.32. The Bertz CT molecular complexity index is 319. The maximum Gasteiger partial charge on any atom is 0.348 e. The number of ether oxygens (including phenoxy) is 1. The average molecular weight is 186 g/mol. The first-order chi connectivity index (χ1) is 5.57. The summed E-state index contributed by atoms with van der Waals surface area (Å²) in [4.78, 5) is 11.6. The van der Waals surface area contributed by atoms with Crippen LogP contribution in [0.4, 0.5) is 10.7 Å². The van der Waals surface area contributed by atoms with Gasteiger partial charge < -0.3 is 16.2 Å². The molecule has 1 heterocycles. The van der Waals surface area contributed by atoms with Crippen molar-refractivity contribution in [2.75, 3.05) is 18.6 Å². The Kier molecular flexibility index (Phi) is 2.23. The minimum absolute atomic E-state index is 0.388. The van der Waals surface area contributed by atoms with E-state index in [1.54, 1.807) is 6.92 Å². The summed E-state index contributed by atoms with van der Waals surface area (Å²) in [7, 11) is 1.33. The molecule has 0 aliphatic rings. The van der Waals surface area contributed by atoms with Gasteiger partial charge in [-0.15, -0.1) is 11.3 Å². The quantitative estimate of drug-likeness (QED) is 0.641. The molecule has 0 radical (unpaired) electrons. The average Bonchev–Trinajstić information content (AvgIpc) is 2.32. The molecule has 66 valence electrons. The topological polar surface area (TPSA) is 78.3 Å². The molecule has 0 bridgehead atoms. The van der Waals surface area contributed by atoms with Crippen LogP contribution in [0.25, 0.3) is 0 Å². The molecule has 0 saturated carbocycles. The molecule has 0 aliphatic carbocycles. The smallest absolute Gasteiger partial charge is 0.348 e. The minimum atomic E-state index is -0.388. The normalized spacial score (nSPS) is 9.83. The fraction of sp³-hybridized carbons (Fsp3) is 0.286. The molecule has 0 fully saturated rings. The van der Waals surface area contributed by atoms with Crippen LogP contribution >= 0.6 is 11.3 Å². The first kappa shape index (κ1) is 8.86. The molecule has 1 rings (SSSR count). The third kappa shape index (κ3) is 1.23. The maximum absolute atomic E-state index is 11.1. The molecule has 0 unspecified atom stereocenters. The van der Waals surface area contributed by atoms with Crippen molar-refractivity contribution in [2.24, 2.45) is 0 Å². The predicted octanol–water partition coefficient (Wildman–Crippen LogP) is 1.01. The van der Waals surface area contributed by atoms with E-state index in [-0.39, 0.29) is 5.97 Å². The van der Waals surface area contributed by atoms with Crippen LogP contribution in [0.15, 0.2) is 0 Å². The van der Waals surface area contributed by atoms with E-state index in [0.29, 0.717) is 21.1 Å². The highest BCUT2D eigenvalue weighted by Gasteiger charge is 2.16. The Balaban J connectivity index is 3.17. The van der Waals surface area contributed by atoms with E-state index in [2.05, 4.69) is 4.74 Å². The van der Waals surface area contributed by atoms with Gasteiger partial charge in [0.05, 0.1) is 12.8 Å². The van der Waals surface area contributed by atoms with Gasteiger partial charge in [-0.05, 0) is 12.5 Å². The second kappa shape index (κ2) is 3.02. The Morgan fingerprint density at radius 1 is 1.50 bits per heavy atom. The minimum Gasteiger partial charge on any atom is -0.465 e. The van der Waals surface area contributed by atoms with E-state index < -0.39 is 0 Å². The number of esters is 1. The highest BCUT2D eigenvalue weighted by molar-refractivity contribution is 7.18. The van der Waals surface area contributed by atoms with Crippen molar-refractivity contribution in [1.82, 2.24) is 0 Å². The predicted molar refractivity (Wildman–Crippen MR) is 49.2 cm³/mol. The third-order valence-electron chi connectivity index (χ3n) is 1.59. The number of carbonyl (C=O) groups is 1. The summed E-state index contributed by atoms with van der Waals surface area (Å²) in [6, 6.07) is 0. The number of thiophene rings is 1. The van der Waals surface area contributed by atoms with E-state index in [1.807, 2.05) is 0 Å². The molecule has 0 spiro atoms. The van der Waals surface area contributed by atoms with Crippen LogP contribution in [0, 0.1) is 6.92 Å². The van der Waals surface area contributed by atoms with Crippen LogP contribution in [0.1, 0.15) is 15.2 Å². The number of hydrogen-bond donors (Lipinski definition) is 2. The lowest BCUT2D eigenvalue weighted by molar-refractivity contribution is 0.0605. The van der Waals surface area contributed by atoms with E-state index in [0.717, 1.165) is 11.3 Å². The van der Waals surface area contributed by atoms with Gasteiger partial charge in [-0.3, -0.25) is 0 Å². The van der Waals surface area contributed by atoms with Gasteiger partial charge in [0.25, 0.3) is 0 Å². The zero-order chi connectivity index (χ0) is 9.30. The molecule has 0 atom stereocenters. The van der Waals surface area contributed by atoms with E-state index in [4.69, 9.17) is 11.5 Å². The summed E-state index contributed by atoms with van der Waals surface area (Å²) < 4.78 is 4.55. The van der Waals surface area contributed by atoms with Crippen molar-refractivity contribution >= 4 is 28.0 Å². The number of carbonyl (C=O) groups excluding carboxylic acids is 1. The summed E-state index contributed by atoms with van der Waals surface area (Å²) >= 11 is 1.15. The van der Waals surface area contributed by atoms with Gasteiger partial charge in [0.15, 0.2) is 0 Å².